The standard InChI is InChI=1S/10C8H16/c10*1-2-4-6-8-7-5-3-1/h10*1-8H2. The molecule has 0 bridgehead atoms. The average Bonchev–Trinajstić information content (AvgIpc) is 3.34. The van der Waals surface area contributed by atoms with Gasteiger partial charge in [0.1, 0.15) is 0 Å². The molecule has 10 aliphatic rings. The molecular weight excluding hydrogens is 961 g/mol. The normalized spacial score (nSPS) is 24.0. The van der Waals surface area contributed by atoms with Crippen molar-refractivity contribution in [3.05, 3.63) is 0 Å². The largest absolute Gasteiger partial charge is 0.0533 e. The Balaban J connectivity index is 0.000000444. The van der Waals surface area contributed by atoms with Gasteiger partial charge in [-0.05, 0) is 0 Å². The Kier molecular flexibility index (Phi) is 73.2. The predicted octanol–water partition coefficient (Wildman–Crippen LogP) is 31.2. The molecule has 0 spiro atoms. The lowest BCUT2D eigenvalue weighted by molar-refractivity contribution is 0.504. The molecule has 10 saturated carbocycles. The van der Waals surface area contributed by atoms with Gasteiger partial charge in [-0.3, -0.25) is 0 Å². The summed E-state index contributed by atoms with van der Waals surface area (Å²) in [7, 11) is 0. The highest BCUT2D eigenvalue weighted by Crippen LogP contribution is 2.22. The highest BCUT2D eigenvalue weighted by Gasteiger charge is 2.02. The molecule has 480 valence electrons. The second kappa shape index (κ2) is 75.1. The highest BCUT2D eigenvalue weighted by atomic mass is 14.1. The van der Waals surface area contributed by atoms with E-state index in [2.05, 4.69) is 0 Å². The summed E-state index contributed by atoms with van der Waals surface area (Å²) in [5.74, 6) is 0. The fourth-order valence-electron chi connectivity index (χ4n) is 14.1. The van der Waals surface area contributed by atoms with Crippen LogP contribution in [0.1, 0.15) is 514 Å². The van der Waals surface area contributed by atoms with Crippen molar-refractivity contribution in [2.24, 2.45) is 0 Å². The van der Waals surface area contributed by atoms with E-state index in [0.29, 0.717) is 0 Å². The van der Waals surface area contributed by atoms with Crippen molar-refractivity contribution in [1.82, 2.24) is 0 Å². The molecule has 0 amide bonds. The molecule has 0 aromatic rings. The van der Waals surface area contributed by atoms with Crippen LogP contribution in [0.5, 0.6) is 0 Å². The fraction of sp³-hybridized carbons (Fsp3) is 1.00. The summed E-state index contributed by atoms with van der Waals surface area (Å²) in [4.78, 5) is 0. The van der Waals surface area contributed by atoms with Crippen molar-refractivity contribution in [2.45, 2.75) is 514 Å². The van der Waals surface area contributed by atoms with Crippen LogP contribution in [0, 0.1) is 0 Å². The van der Waals surface area contributed by atoms with Crippen LogP contribution in [-0.4, -0.2) is 0 Å². The summed E-state index contributed by atoms with van der Waals surface area (Å²) < 4.78 is 0. The lowest BCUT2D eigenvalue weighted by Gasteiger charge is -2.05. The van der Waals surface area contributed by atoms with Crippen LogP contribution < -0.4 is 0 Å². The third-order valence-corrected chi connectivity index (χ3v) is 20.0. The van der Waals surface area contributed by atoms with Crippen LogP contribution in [-0.2, 0) is 0 Å². The zero-order valence-electron chi connectivity index (χ0n) is 56.6. The monoisotopic (exact) mass is 1120 g/mol. The Bertz CT molecular complexity index is 506. The van der Waals surface area contributed by atoms with Gasteiger partial charge in [0.2, 0.25) is 0 Å². The van der Waals surface area contributed by atoms with Gasteiger partial charge in [0, 0.05) is 0 Å². The fourth-order valence-corrected chi connectivity index (χ4v) is 14.1. The van der Waals surface area contributed by atoms with E-state index < -0.39 is 0 Å². The first kappa shape index (κ1) is 78.0. The maximum absolute atomic E-state index is 1.50. The predicted molar refractivity (Wildman–Crippen MR) is 369 cm³/mol. The minimum atomic E-state index is 1.50. The van der Waals surface area contributed by atoms with E-state index in [9.17, 15) is 0 Å². The first-order valence-electron chi connectivity index (χ1n) is 40.0. The summed E-state index contributed by atoms with van der Waals surface area (Å²) in [5.41, 5.74) is 0. The quantitative estimate of drug-likeness (QED) is 0.227. The SMILES string of the molecule is C1CCCCCCC1.C1CCCCCCC1.C1CCCCCCC1.C1CCCCCCC1.C1CCCCCCC1.C1CCCCCCC1.C1CCCCCCC1.C1CCCCCCC1.C1CCCCCCC1.C1CCCCCCC1. The Labute approximate surface area is 511 Å². The maximum atomic E-state index is 1.50. The average molecular weight is 1120 g/mol. The van der Waals surface area contributed by atoms with Crippen molar-refractivity contribution in [1.29, 1.82) is 0 Å². The van der Waals surface area contributed by atoms with Crippen LogP contribution >= 0.6 is 0 Å². The van der Waals surface area contributed by atoms with Crippen LogP contribution in [0.4, 0.5) is 0 Å². The Hall–Kier alpha value is 0. The molecule has 0 radical (unpaired) electrons. The zero-order chi connectivity index (χ0) is 56.6. The van der Waals surface area contributed by atoms with E-state index in [4.69, 9.17) is 0 Å². The van der Waals surface area contributed by atoms with E-state index in [1.54, 1.807) is 0 Å². The van der Waals surface area contributed by atoms with Gasteiger partial charge in [-0.25, -0.2) is 0 Å². The molecule has 0 nitrogen and oxygen atoms in total. The molecule has 0 heteroatoms. The molecule has 0 atom stereocenters. The zero-order valence-corrected chi connectivity index (χ0v) is 56.6. The summed E-state index contributed by atoms with van der Waals surface area (Å²) >= 11 is 0. The highest BCUT2D eigenvalue weighted by molar-refractivity contribution is 4.58. The molecular formula is C80H160. The molecule has 0 saturated heterocycles. The van der Waals surface area contributed by atoms with Gasteiger partial charge in [0.15, 0.2) is 0 Å². The van der Waals surface area contributed by atoms with Crippen molar-refractivity contribution < 1.29 is 0 Å². The minimum absolute atomic E-state index is 1.50. The van der Waals surface area contributed by atoms with E-state index in [-0.39, 0.29) is 0 Å². The van der Waals surface area contributed by atoms with Gasteiger partial charge in [-0.1, -0.05) is 514 Å². The van der Waals surface area contributed by atoms with E-state index in [1.165, 1.54) is 514 Å². The maximum Gasteiger partial charge on any atom is -0.0533 e. The molecule has 0 heterocycles. The molecule has 10 fully saturated rings. The number of rotatable bonds is 0. The van der Waals surface area contributed by atoms with Crippen molar-refractivity contribution in [3.63, 3.8) is 0 Å². The van der Waals surface area contributed by atoms with Gasteiger partial charge in [0.05, 0.1) is 0 Å². The van der Waals surface area contributed by atoms with Gasteiger partial charge in [-0.2, -0.15) is 0 Å². The van der Waals surface area contributed by atoms with Crippen molar-refractivity contribution >= 4 is 0 Å². The van der Waals surface area contributed by atoms with E-state index >= 15 is 0 Å². The number of hydrogen-bond acceptors (Lipinski definition) is 0. The summed E-state index contributed by atoms with van der Waals surface area (Å²) in [6.45, 7) is 0. The second-order valence-corrected chi connectivity index (χ2v) is 28.3. The van der Waals surface area contributed by atoms with E-state index in [0.717, 1.165) is 0 Å². The Morgan fingerprint density at radius 1 is 0.0250 bits per heavy atom. The van der Waals surface area contributed by atoms with Crippen molar-refractivity contribution in [2.75, 3.05) is 0 Å². The summed E-state index contributed by atoms with van der Waals surface area (Å²) in [6, 6.07) is 0. The van der Waals surface area contributed by atoms with Gasteiger partial charge in [-0.15, -0.1) is 0 Å². The van der Waals surface area contributed by atoms with Gasteiger partial charge >= 0.3 is 0 Å². The summed E-state index contributed by atoms with van der Waals surface area (Å²) in [6.07, 6.45) is 120. The first-order valence-corrected chi connectivity index (χ1v) is 40.0. The number of hydrogen-bond donors (Lipinski definition) is 0. The lowest BCUT2D eigenvalue weighted by atomic mass is 10.0. The Morgan fingerprint density at radius 2 is 0.0375 bits per heavy atom. The van der Waals surface area contributed by atoms with Gasteiger partial charge < -0.3 is 0 Å². The molecule has 0 unspecified atom stereocenters. The molecule has 10 rings (SSSR count). The first-order chi connectivity index (χ1) is 40.0. The molecule has 0 aromatic heterocycles. The van der Waals surface area contributed by atoms with E-state index in [1.807, 2.05) is 0 Å². The molecule has 0 aliphatic heterocycles. The van der Waals surface area contributed by atoms with Crippen LogP contribution in [0.25, 0.3) is 0 Å². The van der Waals surface area contributed by atoms with Crippen molar-refractivity contribution in [3.8, 4) is 0 Å². The Morgan fingerprint density at radius 3 is 0.0500 bits per heavy atom. The smallest absolute Gasteiger partial charge is 0.0533 e. The van der Waals surface area contributed by atoms with Crippen LogP contribution in [0.15, 0.2) is 0 Å². The molecule has 0 aromatic carbocycles. The van der Waals surface area contributed by atoms with Crippen LogP contribution in [0.2, 0.25) is 0 Å². The molecule has 10 aliphatic carbocycles. The third-order valence-electron chi connectivity index (χ3n) is 20.0. The third kappa shape index (κ3) is 72.3. The lowest BCUT2D eigenvalue weighted by Crippen LogP contribution is -1.85. The molecule has 0 N–H and O–H groups in total. The summed E-state index contributed by atoms with van der Waals surface area (Å²) in [5, 5.41) is 0. The minimum Gasteiger partial charge on any atom is -0.0533 e. The second-order valence-electron chi connectivity index (χ2n) is 28.3. The van der Waals surface area contributed by atoms with Gasteiger partial charge in [0.25, 0.3) is 0 Å². The van der Waals surface area contributed by atoms with Crippen LogP contribution in [0.3, 0.4) is 0 Å². The topological polar surface area (TPSA) is 0 Å². The molecule has 80 heavy (non-hydrogen) atoms.